The van der Waals surface area contributed by atoms with Crippen LogP contribution in [0.4, 0.5) is 8.78 Å². The van der Waals surface area contributed by atoms with Crippen molar-refractivity contribution < 1.29 is 18.3 Å². The van der Waals surface area contributed by atoms with E-state index in [2.05, 4.69) is 0 Å². The number of rotatable bonds is 3. The molecule has 0 atom stereocenters. The van der Waals surface area contributed by atoms with Gasteiger partial charge in [0.15, 0.2) is 5.78 Å². The van der Waals surface area contributed by atoms with Crippen LogP contribution in [0.5, 0.6) is 5.75 Å². The summed E-state index contributed by atoms with van der Waals surface area (Å²) in [7, 11) is 1.42. The Morgan fingerprint density at radius 3 is 2.32 bits per heavy atom. The number of hydrogen-bond donors (Lipinski definition) is 0. The van der Waals surface area contributed by atoms with E-state index < -0.39 is 11.6 Å². The molecule has 2 rings (SSSR count). The lowest BCUT2D eigenvalue weighted by molar-refractivity contribution is 0.101. The van der Waals surface area contributed by atoms with E-state index in [-0.39, 0.29) is 16.9 Å². The van der Waals surface area contributed by atoms with E-state index in [1.807, 2.05) is 0 Å². The standard InChI is InChI=1S/C15H12F2O2/c1-9(18)10-3-6-14(16)13(7-10)12-5-4-11(19-2)8-15(12)17/h3-8H,1-2H3. The number of halogens is 2. The average Bonchev–Trinajstić information content (AvgIpc) is 2.39. The Kier molecular flexibility index (Phi) is 3.60. The van der Waals surface area contributed by atoms with Crippen LogP contribution in [0.3, 0.4) is 0 Å². The lowest BCUT2D eigenvalue weighted by Crippen LogP contribution is -1.96. The molecular weight excluding hydrogens is 250 g/mol. The molecule has 0 saturated carbocycles. The Morgan fingerprint density at radius 2 is 1.74 bits per heavy atom. The van der Waals surface area contributed by atoms with Crippen molar-refractivity contribution in [3.05, 3.63) is 53.6 Å². The predicted molar refractivity (Wildman–Crippen MR) is 68.4 cm³/mol. The molecule has 0 amide bonds. The molecule has 0 radical (unpaired) electrons. The van der Waals surface area contributed by atoms with Crippen LogP contribution in [0.15, 0.2) is 36.4 Å². The number of carbonyl (C=O) groups is 1. The van der Waals surface area contributed by atoms with Gasteiger partial charge in [-0.2, -0.15) is 0 Å². The summed E-state index contributed by atoms with van der Waals surface area (Å²) in [5, 5.41) is 0. The van der Waals surface area contributed by atoms with Crippen LogP contribution in [-0.2, 0) is 0 Å². The summed E-state index contributed by atoms with van der Waals surface area (Å²) in [6.07, 6.45) is 0. The highest BCUT2D eigenvalue weighted by molar-refractivity contribution is 5.95. The number of ether oxygens (including phenoxy) is 1. The third kappa shape index (κ3) is 2.62. The average molecular weight is 262 g/mol. The zero-order chi connectivity index (χ0) is 14.0. The van der Waals surface area contributed by atoms with Gasteiger partial charge in [-0.1, -0.05) is 0 Å². The molecule has 0 spiro atoms. The molecule has 0 bridgehead atoms. The largest absolute Gasteiger partial charge is 0.497 e. The first kappa shape index (κ1) is 13.2. The lowest BCUT2D eigenvalue weighted by atomic mass is 10.0. The predicted octanol–water partition coefficient (Wildman–Crippen LogP) is 3.84. The maximum Gasteiger partial charge on any atom is 0.159 e. The molecule has 0 saturated heterocycles. The van der Waals surface area contributed by atoms with Crippen molar-refractivity contribution in [3.8, 4) is 16.9 Å². The van der Waals surface area contributed by atoms with Gasteiger partial charge >= 0.3 is 0 Å². The number of benzene rings is 2. The molecule has 2 nitrogen and oxygen atoms in total. The molecule has 2 aromatic rings. The molecule has 0 N–H and O–H groups in total. The maximum atomic E-state index is 13.9. The van der Waals surface area contributed by atoms with Gasteiger partial charge in [0.05, 0.1) is 7.11 Å². The van der Waals surface area contributed by atoms with E-state index in [1.54, 1.807) is 0 Å². The quantitative estimate of drug-likeness (QED) is 0.785. The fourth-order valence-corrected chi connectivity index (χ4v) is 1.79. The first-order valence-electron chi connectivity index (χ1n) is 5.67. The zero-order valence-electron chi connectivity index (χ0n) is 10.5. The Labute approximate surface area is 109 Å². The second-order valence-electron chi connectivity index (χ2n) is 4.10. The van der Waals surface area contributed by atoms with Crippen LogP contribution in [-0.4, -0.2) is 12.9 Å². The molecule has 4 heteroatoms. The molecule has 0 unspecified atom stereocenters. The highest BCUT2D eigenvalue weighted by Gasteiger charge is 2.13. The second-order valence-corrected chi connectivity index (χ2v) is 4.10. The Morgan fingerprint density at radius 1 is 1.00 bits per heavy atom. The number of carbonyl (C=O) groups excluding carboxylic acids is 1. The van der Waals surface area contributed by atoms with E-state index in [0.29, 0.717) is 11.3 Å². The van der Waals surface area contributed by atoms with Crippen LogP contribution in [0.1, 0.15) is 17.3 Å². The molecule has 19 heavy (non-hydrogen) atoms. The van der Waals surface area contributed by atoms with Crippen molar-refractivity contribution in [2.45, 2.75) is 6.92 Å². The summed E-state index contributed by atoms with van der Waals surface area (Å²) >= 11 is 0. The number of ketones is 1. The van der Waals surface area contributed by atoms with Gasteiger partial charge in [-0.25, -0.2) is 8.78 Å². The van der Waals surface area contributed by atoms with Crippen molar-refractivity contribution in [2.75, 3.05) is 7.11 Å². The minimum atomic E-state index is -0.598. The Bertz CT molecular complexity index is 636. The number of Topliss-reactive ketones (excluding diaryl/α,β-unsaturated/α-hetero) is 1. The minimum absolute atomic E-state index is 0.0628. The highest BCUT2D eigenvalue weighted by Crippen LogP contribution is 2.29. The minimum Gasteiger partial charge on any atom is -0.497 e. The fourth-order valence-electron chi connectivity index (χ4n) is 1.79. The van der Waals surface area contributed by atoms with Crippen molar-refractivity contribution >= 4 is 5.78 Å². The molecule has 0 heterocycles. The number of methoxy groups -OCH3 is 1. The highest BCUT2D eigenvalue weighted by atomic mass is 19.1. The third-order valence-corrected chi connectivity index (χ3v) is 2.84. The summed E-state index contributed by atoms with van der Waals surface area (Å²) in [6, 6.07) is 8.03. The summed E-state index contributed by atoms with van der Waals surface area (Å²) < 4.78 is 32.6. The van der Waals surface area contributed by atoms with Gasteiger partial charge < -0.3 is 4.74 Å². The molecule has 0 aliphatic rings. The monoisotopic (exact) mass is 262 g/mol. The first-order chi connectivity index (χ1) is 9.02. The second kappa shape index (κ2) is 5.18. The summed E-state index contributed by atoms with van der Waals surface area (Å²) in [6.45, 7) is 1.38. The van der Waals surface area contributed by atoms with Crippen LogP contribution >= 0.6 is 0 Å². The van der Waals surface area contributed by atoms with Crippen molar-refractivity contribution in [2.24, 2.45) is 0 Å². The van der Waals surface area contributed by atoms with Crippen molar-refractivity contribution in [1.82, 2.24) is 0 Å². The van der Waals surface area contributed by atoms with Gasteiger partial charge in [0.2, 0.25) is 0 Å². The maximum absolute atomic E-state index is 13.9. The van der Waals surface area contributed by atoms with E-state index in [9.17, 15) is 13.6 Å². The van der Waals surface area contributed by atoms with E-state index in [4.69, 9.17) is 4.74 Å². The summed E-state index contributed by atoms with van der Waals surface area (Å²) in [5.41, 5.74) is 0.501. The van der Waals surface area contributed by atoms with Crippen LogP contribution in [0.2, 0.25) is 0 Å². The van der Waals surface area contributed by atoms with Crippen LogP contribution < -0.4 is 4.74 Å². The molecule has 0 fully saturated rings. The van der Waals surface area contributed by atoms with Gasteiger partial charge in [0.1, 0.15) is 17.4 Å². The fraction of sp³-hybridized carbons (Fsp3) is 0.133. The van der Waals surface area contributed by atoms with E-state index in [1.165, 1.54) is 44.4 Å². The van der Waals surface area contributed by atoms with Gasteiger partial charge in [0.25, 0.3) is 0 Å². The number of hydrogen-bond acceptors (Lipinski definition) is 2. The van der Waals surface area contributed by atoms with Crippen molar-refractivity contribution in [1.29, 1.82) is 0 Å². The first-order valence-corrected chi connectivity index (χ1v) is 5.67. The molecule has 0 aliphatic carbocycles. The molecule has 98 valence electrons. The SMILES string of the molecule is COc1ccc(-c2cc(C(C)=O)ccc2F)c(F)c1. The Hall–Kier alpha value is -2.23. The van der Waals surface area contributed by atoms with Gasteiger partial charge in [-0.05, 0) is 37.3 Å². The lowest BCUT2D eigenvalue weighted by Gasteiger charge is -2.08. The normalized spacial score (nSPS) is 10.3. The summed E-state index contributed by atoms with van der Waals surface area (Å²) in [4.78, 5) is 11.3. The van der Waals surface area contributed by atoms with Gasteiger partial charge in [0, 0.05) is 22.8 Å². The zero-order valence-corrected chi connectivity index (χ0v) is 10.5. The van der Waals surface area contributed by atoms with Crippen LogP contribution in [0, 0.1) is 11.6 Å². The van der Waals surface area contributed by atoms with Gasteiger partial charge in [-0.15, -0.1) is 0 Å². The molecule has 0 aliphatic heterocycles. The Balaban J connectivity index is 2.58. The summed E-state index contributed by atoms with van der Waals surface area (Å²) in [5.74, 6) is -1.02. The van der Waals surface area contributed by atoms with Crippen molar-refractivity contribution in [3.63, 3.8) is 0 Å². The molecule has 2 aromatic carbocycles. The van der Waals surface area contributed by atoms with Crippen LogP contribution in [0.25, 0.3) is 11.1 Å². The van der Waals surface area contributed by atoms with Gasteiger partial charge in [-0.3, -0.25) is 4.79 Å². The van der Waals surface area contributed by atoms with E-state index >= 15 is 0 Å². The smallest absolute Gasteiger partial charge is 0.159 e. The molecular formula is C15H12F2O2. The third-order valence-electron chi connectivity index (χ3n) is 2.84. The molecule has 0 aromatic heterocycles. The topological polar surface area (TPSA) is 26.3 Å². The van der Waals surface area contributed by atoms with E-state index in [0.717, 1.165) is 6.07 Å².